The summed E-state index contributed by atoms with van der Waals surface area (Å²) in [6.07, 6.45) is 0.915. The molecule has 0 aliphatic rings. The van der Waals surface area contributed by atoms with Crippen molar-refractivity contribution in [3.63, 3.8) is 0 Å². The molecular formula is C14H22N2O2S. The van der Waals surface area contributed by atoms with Gasteiger partial charge < -0.3 is 11.1 Å². The van der Waals surface area contributed by atoms with Crippen LogP contribution in [-0.4, -0.2) is 21.9 Å². The molecule has 3 N–H and O–H groups in total. The van der Waals surface area contributed by atoms with Gasteiger partial charge in [0, 0.05) is 12.2 Å². The highest BCUT2D eigenvalue weighted by Gasteiger charge is 2.22. The Labute approximate surface area is 117 Å². The maximum absolute atomic E-state index is 12.3. The topological polar surface area (TPSA) is 72.2 Å². The molecule has 0 aromatic heterocycles. The van der Waals surface area contributed by atoms with E-state index in [1.807, 2.05) is 0 Å². The second-order valence-electron chi connectivity index (χ2n) is 4.95. The first-order valence-electron chi connectivity index (χ1n) is 6.46. The summed E-state index contributed by atoms with van der Waals surface area (Å²) < 4.78 is 12.3. The number of para-hydroxylation sites is 1. The fraction of sp³-hybridized carbons (Fsp3) is 0.500. The van der Waals surface area contributed by atoms with Gasteiger partial charge in [-0.25, -0.2) is 0 Å². The first-order valence-corrected chi connectivity index (χ1v) is 7.67. The van der Waals surface area contributed by atoms with E-state index in [9.17, 15) is 9.00 Å². The van der Waals surface area contributed by atoms with E-state index < -0.39 is 16.0 Å². The van der Waals surface area contributed by atoms with Gasteiger partial charge in [0.1, 0.15) is 5.25 Å². The van der Waals surface area contributed by atoms with Crippen molar-refractivity contribution in [2.75, 3.05) is 12.3 Å². The second kappa shape index (κ2) is 7.28. The van der Waals surface area contributed by atoms with E-state index in [-0.39, 0.29) is 5.91 Å². The van der Waals surface area contributed by atoms with Gasteiger partial charge in [-0.3, -0.25) is 9.00 Å². The lowest BCUT2D eigenvalue weighted by atomic mass is 10.1. The first kappa shape index (κ1) is 15.7. The number of hydrogen-bond donors (Lipinski definition) is 2. The molecule has 0 bridgehead atoms. The fourth-order valence-electron chi connectivity index (χ4n) is 1.58. The van der Waals surface area contributed by atoms with Crippen molar-refractivity contribution >= 4 is 22.4 Å². The summed E-state index contributed by atoms with van der Waals surface area (Å²) in [6, 6.07) is 6.94. The van der Waals surface area contributed by atoms with Crippen LogP contribution >= 0.6 is 0 Å². The SMILES string of the molecule is CC(C)CCNC(=O)C(C)S(=O)c1ccccc1N. The van der Waals surface area contributed by atoms with Crippen LogP contribution in [0.4, 0.5) is 5.69 Å². The van der Waals surface area contributed by atoms with Gasteiger partial charge in [0.15, 0.2) is 0 Å². The molecule has 1 rings (SSSR count). The van der Waals surface area contributed by atoms with Crippen molar-refractivity contribution in [3.8, 4) is 0 Å². The Bertz CT molecular complexity index is 461. The predicted molar refractivity (Wildman–Crippen MR) is 79.2 cm³/mol. The number of hydrogen-bond acceptors (Lipinski definition) is 3. The third-order valence-corrected chi connectivity index (χ3v) is 4.51. The number of nitrogen functional groups attached to an aromatic ring is 1. The van der Waals surface area contributed by atoms with Gasteiger partial charge in [-0.1, -0.05) is 26.0 Å². The lowest BCUT2D eigenvalue weighted by molar-refractivity contribution is -0.120. The minimum atomic E-state index is -1.42. The van der Waals surface area contributed by atoms with Crippen molar-refractivity contribution in [2.45, 2.75) is 37.3 Å². The number of nitrogens with one attached hydrogen (secondary N) is 1. The minimum Gasteiger partial charge on any atom is -0.398 e. The highest BCUT2D eigenvalue weighted by molar-refractivity contribution is 7.86. The molecule has 1 aromatic carbocycles. The highest BCUT2D eigenvalue weighted by Crippen LogP contribution is 2.18. The molecule has 0 heterocycles. The Kier molecular flexibility index (Phi) is 6.02. The van der Waals surface area contributed by atoms with Crippen LogP contribution in [0.25, 0.3) is 0 Å². The number of carbonyl (C=O) groups is 1. The minimum absolute atomic E-state index is 0.192. The summed E-state index contributed by atoms with van der Waals surface area (Å²) in [5, 5.41) is 2.21. The Morgan fingerprint density at radius 3 is 2.53 bits per heavy atom. The van der Waals surface area contributed by atoms with E-state index >= 15 is 0 Å². The summed E-state index contributed by atoms with van der Waals surface area (Å²) in [5.74, 6) is 0.341. The zero-order valence-electron chi connectivity index (χ0n) is 11.7. The van der Waals surface area contributed by atoms with Gasteiger partial charge in [-0.2, -0.15) is 0 Å². The molecule has 5 heteroatoms. The van der Waals surface area contributed by atoms with Crippen LogP contribution in [0, 0.1) is 5.92 Å². The standard InChI is InChI=1S/C14H22N2O2S/c1-10(2)8-9-16-14(17)11(3)19(18)13-7-5-4-6-12(13)15/h4-7,10-11H,8-9,15H2,1-3H3,(H,16,17). The van der Waals surface area contributed by atoms with Gasteiger partial charge in [-0.15, -0.1) is 0 Å². The molecule has 106 valence electrons. The molecule has 0 saturated heterocycles. The average molecular weight is 282 g/mol. The zero-order valence-corrected chi connectivity index (χ0v) is 12.5. The van der Waals surface area contributed by atoms with Gasteiger partial charge in [-0.05, 0) is 31.4 Å². The van der Waals surface area contributed by atoms with Gasteiger partial charge in [0.05, 0.1) is 15.7 Å². The normalized spacial score (nSPS) is 14.1. The number of amides is 1. The molecule has 0 fully saturated rings. The number of anilines is 1. The van der Waals surface area contributed by atoms with E-state index in [1.165, 1.54) is 0 Å². The molecule has 4 nitrogen and oxygen atoms in total. The van der Waals surface area contributed by atoms with Gasteiger partial charge in [0.2, 0.25) is 5.91 Å². The monoisotopic (exact) mass is 282 g/mol. The molecule has 2 atom stereocenters. The first-order chi connectivity index (χ1) is 8.93. The molecule has 0 saturated carbocycles. The van der Waals surface area contributed by atoms with Crippen molar-refractivity contribution in [3.05, 3.63) is 24.3 Å². The van der Waals surface area contributed by atoms with Crippen LogP contribution in [0.2, 0.25) is 0 Å². The quantitative estimate of drug-likeness (QED) is 0.783. The van der Waals surface area contributed by atoms with E-state index in [0.717, 1.165) is 6.42 Å². The molecule has 1 amide bonds. The van der Waals surface area contributed by atoms with E-state index in [4.69, 9.17) is 5.73 Å². The third-order valence-electron chi connectivity index (χ3n) is 2.85. The molecule has 0 spiro atoms. The lowest BCUT2D eigenvalue weighted by Crippen LogP contribution is -2.36. The molecule has 1 aromatic rings. The zero-order chi connectivity index (χ0) is 14.4. The molecule has 2 unspecified atom stereocenters. The second-order valence-corrected chi connectivity index (χ2v) is 6.69. The Hall–Kier alpha value is -1.36. The van der Waals surface area contributed by atoms with Crippen LogP contribution in [0.3, 0.4) is 0 Å². The Morgan fingerprint density at radius 1 is 1.32 bits per heavy atom. The fourth-order valence-corrected chi connectivity index (χ4v) is 2.75. The van der Waals surface area contributed by atoms with Crippen LogP contribution in [0.15, 0.2) is 29.2 Å². The summed E-state index contributed by atoms with van der Waals surface area (Å²) in [6.45, 7) is 6.46. The highest BCUT2D eigenvalue weighted by atomic mass is 32.2. The van der Waals surface area contributed by atoms with Crippen molar-refractivity contribution in [2.24, 2.45) is 5.92 Å². The van der Waals surface area contributed by atoms with Crippen molar-refractivity contribution in [1.29, 1.82) is 0 Å². The largest absolute Gasteiger partial charge is 0.398 e. The van der Waals surface area contributed by atoms with E-state index in [2.05, 4.69) is 19.2 Å². The summed E-state index contributed by atoms with van der Waals surface area (Å²) >= 11 is 0. The van der Waals surface area contributed by atoms with Gasteiger partial charge >= 0.3 is 0 Å². The predicted octanol–water partition coefficient (Wildman–Crippen LogP) is 1.93. The van der Waals surface area contributed by atoms with Crippen LogP contribution in [-0.2, 0) is 15.6 Å². The smallest absolute Gasteiger partial charge is 0.235 e. The molecule has 0 aliphatic carbocycles. The number of benzene rings is 1. The van der Waals surface area contributed by atoms with E-state index in [0.29, 0.717) is 23.0 Å². The van der Waals surface area contributed by atoms with Crippen LogP contribution in [0.5, 0.6) is 0 Å². The molecule has 19 heavy (non-hydrogen) atoms. The van der Waals surface area contributed by atoms with E-state index in [1.54, 1.807) is 31.2 Å². The van der Waals surface area contributed by atoms with Crippen LogP contribution < -0.4 is 11.1 Å². The van der Waals surface area contributed by atoms with Crippen LogP contribution in [0.1, 0.15) is 27.2 Å². The Balaban J connectivity index is 2.62. The third kappa shape index (κ3) is 4.67. The van der Waals surface area contributed by atoms with Crippen molar-refractivity contribution < 1.29 is 9.00 Å². The molecular weight excluding hydrogens is 260 g/mol. The summed E-state index contributed by atoms with van der Waals surface area (Å²) in [4.78, 5) is 12.4. The number of nitrogens with two attached hydrogens (primary N) is 1. The summed E-state index contributed by atoms with van der Waals surface area (Å²) in [7, 11) is -1.42. The molecule has 0 aliphatic heterocycles. The maximum Gasteiger partial charge on any atom is 0.235 e. The Morgan fingerprint density at radius 2 is 1.95 bits per heavy atom. The lowest BCUT2D eigenvalue weighted by Gasteiger charge is -2.14. The van der Waals surface area contributed by atoms with Gasteiger partial charge in [0.25, 0.3) is 0 Å². The number of carbonyl (C=O) groups excluding carboxylic acids is 1. The average Bonchev–Trinajstić information content (AvgIpc) is 2.37. The summed E-state index contributed by atoms with van der Waals surface area (Å²) in [5.41, 5.74) is 6.24. The number of rotatable bonds is 6. The van der Waals surface area contributed by atoms with Crippen molar-refractivity contribution in [1.82, 2.24) is 5.32 Å². The maximum atomic E-state index is 12.3. The molecule has 0 radical (unpaired) electrons.